The van der Waals surface area contributed by atoms with E-state index in [4.69, 9.17) is 23.7 Å². The van der Waals surface area contributed by atoms with E-state index in [2.05, 4.69) is 55.1 Å². The summed E-state index contributed by atoms with van der Waals surface area (Å²) < 4.78 is 33.0. The summed E-state index contributed by atoms with van der Waals surface area (Å²) in [6, 6.07) is 40.6. The zero-order chi connectivity index (χ0) is 29.0. The van der Waals surface area contributed by atoms with Gasteiger partial charge in [-0.05, 0) is 29.2 Å². The molecule has 5 heteroatoms. The first-order valence-electron chi connectivity index (χ1n) is 14.5. The average Bonchev–Trinajstić information content (AvgIpc) is 3.05. The van der Waals surface area contributed by atoms with E-state index >= 15 is 0 Å². The summed E-state index contributed by atoms with van der Waals surface area (Å²) in [5, 5.41) is 0. The third-order valence-corrected chi connectivity index (χ3v) is 7.60. The molecule has 0 radical (unpaired) electrons. The summed E-state index contributed by atoms with van der Waals surface area (Å²) in [5.41, 5.74) is 3.47. The minimum atomic E-state index is -0.844. The summed E-state index contributed by atoms with van der Waals surface area (Å²) >= 11 is 0. The first-order valence-corrected chi connectivity index (χ1v) is 14.5. The normalized spacial score (nSPS) is 23.8. The Morgan fingerprint density at radius 1 is 0.595 bits per heavy atom. The van der Waals surface area contributed by atoms with Crippen molar-refractivity contribution in [1.29, 1.82) is 0 Å². The quantitative estimate of drug-likeness (QED) is 0.150. The third-order valence-electron chi connectivity index (χ3n) is 7.60. The smallest absolute Gasteiger partial charge is 0.119 e. The number of hydrogen-bond donors (Lipinski definition) is 0. The van der Waals surface area contributed by atoms with Gasteiger partial charge in [0, 0.05) is 0 Å². The molecule has 0 spiro atoms. The Kier molecular flexibility index (Phi) is 10.7. The van der Waals surface area contributed by atoms with Gasteiger partial charge in [0.2, 0.25) is 0 Å². The lowest BCUT2D eigenvalue weighted by Crippen LogP contribution is -2.65. The zero-order valence-corrected chi connectivity index (χ0v) is 24.2. The van der Waals surface area contributed by atoms with Crippen LogP contribution >= 0.6 is 0 Å². The van der Waals surface area contributed by atoms with Crippen LogP contribution in [0.2, 0.25) is 0 Å². The molecule has 0 N–H and O–H groups in total. The van der Waals surface area contributed by atoms with E-state index in [1.807, 2.05) is 85.8 Å². The SMILES string of the molecule is C=C[C@]1(C)OC(COCc2ccccc2)[C@H](OCc2ccccc2)[C@H](OCc2ccccc2)C1OCc1ccccc1. The van der Waals surface area contributed by atoms with Crippen LogP contribution in [0.15, 0.2) is 134 Å². The van der Waals surface area contributed by atoms with Crippen molar-refractivity contribution in [1.82, 2.24) is 0 Å². The predicted molar refractivity (Wildman–Crippen MR) is 165 cm³/mol. The topological polar surface area (TPSA) is 46.2 Å². The van der Waals surface area contributed by atoms with Gasteiger partial charge >= 0.3 is 0 Å². The lowest BCUT2D eigenvalue weighted by Gasteiger charge is -2.50. The fourth-order valence-corrected chi connectivity index (χ4v) is 5.27. The second-order valence-corrected chi connectivity index (χ2v) is 10.8. The molecule has 0 saturated carbocycles. The van der Waals surface area contributed by atoms with Crippen molar-refractivity contribution in [2.45, 2.75) is 63.4 Å². The maximum atomic E-state index is 6.77. The molecule has 0 amide bonds. The van der Waals surface area contributed by atoms with Gasteiger partial charge in [-0.15, -0.1) is 6.58 Å². The van der Waals surface area contributed by atoms with E-state index in [-0.39, 0.29) is 0 Å². The molecule has 4 aromatic rings. The second kappa shape index (κ2) is 15.1. The Labute approximate surface area is 249 Å². The molecule has 0 aliphatic carbocycles. The van der Waals surface area contributed by atoms with Crippen molar-refractivity contribution >= 4 is 0 Å². The first-order chi connectivity index (χ1) is 20.6. The van der Waals surface area contributed by atoms with Gasteiger partial charge in [0.1, 0.15) is 30.0 Å². The van der Waals surface area contributed by atoms with Crippen LogP contribution in [-0.4, -0.2) is 36.6 Å². The predicted octanol–water partition coefficient (Wildman–Crippen LogP) is 7.30. The Balaban J connectivity index is 1.42. The van der Waals surface area contributed by atoms with Crippen molar-refractivity contribution in [2.24, 2.45) is 0 Å². The lowest BCUT2D eigenvalue weighted by molar-refractivity contribution is -0.290. The highest BCUT2D eigenvalue weighted by molar-refractivity contribution is 5.18. The van der Waals surface area contributed by atoms with Crippen LogP contribution in [0, 0.1) is 0 Å². The van der Waals surface area contributed by atoms with Gasteiger partial charge in [0.05, 0.1) is 33.0 Å². The molecule has 42 heavy (non-hydrogen) atoms. The van der Waals surface area contributed by atoms with E-state index < -0.39 is 30.0 Å². The van der Waals surface area contributed by atoms with Crippen LogP contribution in [0.5, 0.6) is 0 Å². The Hall–Kier alpha value is -3.58. The average molecular weight is 565 g/mol. The number of rotatable bonds is 14. The van der Waals surface area contributed by atoms with E-state index in [1.54, 1.807) is 0 Å². The molecular weight excluding hydrogens is 524 g/mol. The van der Waals surface area contributed by atoms with Gasteiger partial charge in [-0.1, -0.05) is 127 Å². The van der Waals surface area contributed by atoms with Gasteiger partial charge in [0.15, 0.2) is 0 Å². The number of hydrogen-bond acceptors (Lipinski definition) is 5. The lowest BCUT2D eigenvalue weighted by atomic mass is 9.85. The van der Waals surface area contributed by atoms with E-state index in [0.29, 0.717) is 33.0 Å². The summed E-state index contributed by atoms with van der Waals surface area (Å²) in [4.78, 5) is 0. The fraction of sp³-hybridized carbons (Fsp3) is 0.297. The Bertz CT molecular complexity index is 1330. The largest absolute Gasteiger partial charge is 0.374 e. The van der Waals surface area contributed by atoms with Crippen LogP contribution in [0.3, 0.4) is 0 Å². The van der Waals surface area contributed by atoms with Crippen LogP contribution < -0.4 is 0 Å². The maximum absolute atomic E-state index is 6.77. The van der Waals surface area contributed by atoms with Crippen LogP contribution in [0.1, 0.15) is 29.2 Å². The molecule has 0 bridgehead atoms. The summed E-state index contributed by atoms with van der Waals surface area (Å²) in [6.07, 6.45) is 0.000113. The van der Waals surface area contributed by atoms with Gasteiger partial charge in [-0.25, -0.2) is 0 Å². The van der Waals surface area contributed by atoms with Crippen LogP contribution in [0.4, 0.5) is 0 Å². The minimum Gasteiger partial charge on any atom is -0.374 e. The Morgan fingerprint density at radius 2 is 1.00 bits per heavy atom. The van der Waals surface area contributed by atoms with Crippen molar-refractivity contribution in [3.05, 3.63) is 156 Å². The molecule has 1 saturated heterocycles. The fourth-order valence-electron chi connectivity index (χ4n) is 5.27. The maximum Gasteiger partial charge on any atom is 0.119 e. The zero-order valence-electron chi connectivity index (χ0n) is 24.2. The number of benzene rings is 4. The van der Waals surface area contributed by atoms with Crippen molar-refractivity contribution in [2.75, 3.05) is 6.61 Å². The highest BCUT2D eigenvalue weighted by Crippen LogP contribution is 2.37. The van der Waals surface area contributed by atoms with Crippen molar-refractivity contribution in [3.63, 3.8) is 0 Å². The highest BCUT2D eigenvalue weighted by Gasteiger charge is 2.53. The van der Waals surface area contributed by atoms with E-state index in [9.17, 15) is 0 Å². The molecule has 218 valence electrons. The number of ether oxygens (including phenoxy) is 5. The Morgan fingerprint density at radius 3 is 1.45 bits per heavy atom. The van der Waals surface area contributed by atoms with Crippen LogP contribution in [-0.2, 0) is 50.1 Å². The van der Waals surface area contributed by atoms with Crippen molar-refractivity contribution in [3.8, 4) is 0 Å². The highest BCUT2D eigenvalue weighted by atomic mass is 16.6. The molecule has 1 fully saturated rings. The molecule has 0 aromatic heterocycles. The third kappa shape index (κ3) is 8.03. The first kappa shape index (κ1) is 29.9. The van der Waals surface area contributed by atoms with Gasteiger partial charge in [0.25, 0.3) is 0 Å². The standard InChI is InChI=1S/C37H40O5/c1-3-37(2)36(41-27-32-22-14-7-15-23-32)35(40-26-31-20-12-6-13-21-31)34(39-25-30-18-10-5-11-19-30)33(42-37)28-38-24-29-16-8-4-9-17-29/h3-23,33-36H,1,24-28H2,2H3/t33?,34-,35-,36?,37-/m0/s1. The monoisotopic (exact) mass is 564 g/mol. The molecule has 2 unspecified atom stereocenters. The molecule has 1 aliphatic rings. The molecule has 5 rings (SSSR count). The van der Waals surface area contributed by atoms with E-state index in [1.165, 1.54) is 0 Å². The van der Waals surface area contributed by atoms with Gasteiger partial charge in [-0.3, -0.25) is 0 Å². The van der Waals surface area contributed by atoms with Gasteiger partial charge in [-0.2, -0.15) is 0 Å². The minimum absolute atomic E-state index is 0.328. The van der Waals surface area contributed by atoms with E-state index in [0.717, 1.165) is 22.3 Å². The summed E-state index contributed by atoms with van der Waals surface area (Å²) in [7, 11) is 0. The second-order valence-electron chi connectivity index (χ2n) is 10.8. The summed E-state index contributed by atoms with van der Waals surface area (Å²) in [5.74, 6) is 0. The van der Waals surface area contributed by atoms with Crippen molar-refractivity contribution < 1.29 is 23.7 Å². The summed E-state index contributed by atoms with van der Waals surface area (Å²) in [6.45, 7) is 8.18. The molecule has 1 heterocycles. The molecule has 5 atom stereocenters. The van der Waals surface area contributed by atoms with Gasteiger partial charge < -0.3 is 23.7 Å². The molecule has 4 aromatic carbocycles. The molecular formula is C37H40O5. The molecule has 5 nitrogen and oxygen atoms in total. The molecule has 1 aliphatic heterocycles. The van der Waals surface area contributed by atoms with Crippen LogP contribution in [0.25, 0.3) is 0 Å².